The van der Waals surface area contributed by atoms with E-state index in [-0.39, 0.29) is 18.4 Å². The van der Waals surface area contributed by atoms with Gasteiger partial charge in [-0.25, -0.2) is 0 Å². The van der Waals surface area contributed by atoms with E-state index in [0.29, 0.717) is 49.0 Å². The van der Waals surface area contributed by atoms with Crippen LogP contribution in [0.4, 0.5) is 0 Å². The lowest BCUT2D eigenvalue weighted by atomic mass is 10.1. The van der Waals surface area contributed by atoms with Gasteiger partial charge in [-0.15, -0.1) is 11.8 Å². The van der Waals surface area contributed by atoms with Crippen LogP contribution in [-0.4, -0.2) is 65.7 Å². The summed E-state index contributed by atoms with van der Waals surface area (Å²) in [6.45, 7) is 5.87. The van der Waals surface area contributed by atoms with E-state index in [2.05, 4.69) is 5.16 Å². The molecule has 2 aliphatic rings. The maximum absolute atomic E-state index is 13.4. The Hall–Kier alpha value is -3.46. The van der Waals surface area contributed by atoms with Crippen molar-refractivity contribution in [2.75, 3.05) is 32.8 Å². The van der Waals surface area contributed by atoms with E-state index in [0.717, 1.165) is 21.9 Å². The van der Waals surface area contributed by atoms with Crippen LogP contribution in [0, 0.1) is 13.8 Å². The number of carbonyl (C=O) groups is 2. The molecule has 35 heavy (non-hydrogen) atoms. The summed E-state index contributed by atoms with van der Waals surface area (Å²) in [5.74, 6) is 2.58. The van der Waals surface area contributed by atoms with Crippen molar-refractivity contribution in [3.8, 4) is 11.5 Å². The highest BCUT2D eigenvalue weighted by molar-refractivity contribution is 7.98. The Labute approximate surface area is 208 Å². The molecular weight excluding hydrogens is 466 g/mol. The molecule has 0 N–H and O–H groups in total. The minimum atomic E-state index is -0.673. The number of hydrogen-bond donors (Lipinski definition) is 0. The van der Waals surface area contributed by atoms with Crippen LogP contribution in [0.5, 0.6) is 11.5 Å². The van der Waals surface area contributed by atoms with E-state index in [1.807, 2.05) is 61.2 Å². The minimum absolute atomic E-state index is 0.0230. The van der Waals surface area contributed by atoms with Crippen molar-refractivity contribution in [3.05, 3.63) is 71.1 Å². The molecule has 0 unspecified atom stereocenters. The Bertz CT molecular complexity index is 1220. The van der Waals surface area contributed by atoms with Gasteiger partial charge in [-0.05, 0) is 38.1 Å². The maximum atomic E-state index is 13.4. The van der Waals surface area contributed by atoms with E-state index in [9.17, 15) is 9.59 Å². The molecule has 0 spiro atoms. The molecule has 2 aromatic carbocycles. The summed E-state index contributed by atoms with van der Waals surface area (Å²) in [6, 6.07) is 15.0. The number of aryl methyl sites for hydroxylation is 2. The normalized spacial score (nSPS) is 17.4. The number of amides is 2. The summed E-state index contributed by atoms with van der Waals surface area (Å²) in [5, 5.41) is 4.01. The zero-order valence-corrected chi connectivity index (χ0v) is 20.5. The van der Waals surface area contributed by atoms with Gasteiger partial charge in [0.1, 0.15) is 12.4 Å². The predicted octanol–water partition coefficient (Wildman–Crippen LogP) is 3.71. The van der Waals surface area contributed by atoms with Gasteiger partial charge < -0.3 is 23.8 Å². The molecule has 1 saturated heterocycles. The Morgan fingerprint density at radius 1 is 0.971 bits per heavy atom. The second kappa shape index (κ2) is 10.0. The SMILES string of the molecule is Cc1noc(C)c1CSc1ccccc1C(=O)N1CCN(C(=O)[C@@H]2COc3ccccc3O2)CC1. The Morgan fingerprint density at radius 2 is 1.66 bits per heavy atom. The van der Waals surface area contributed by atoms with Gasteiger partial charge in [0, 0.05) is 42.4 Å². The molecule has 0 bridgehead atoms. The number of benzene rings is 2. The van der Waals surface area contributed by atoms with Crippen LogP contribution in [0.1, 0.15) is 27.4 Å². The number of nitrogens with zero attached hydrogens (tertiary/aromatic N) is 3. The summed E-state index contributed by atoms with van der Waals surface area (Å²) in [5.41, 5.74) is 2.60. The van der Waals surface area contributed by atoms with Crippen molar-refractivity contribution in [2.24, 2.45) is 0 Å². The quantitative estimate of drug-likeness (QED) is 0.501. The number of piperazine rings is 1. The molecule has 0 saturated carbocycles. The summed E-state index contributed by atoms with van der Waals surface area (Å²) >= 11 is 1.60. The van der Waals surface area contributed by atoms with E-state index < -0.39 is 6.10 Å². The molecular formula is C26H27N3O5S. The molecule has 1 fully saturated rings. The molecule has 1 aromatic heterocycles. The highest BCUT2D eigenvalue weighted by atomic mass is 32.2. The third-order valence-corrected chi connectivity index (χ3v) is 7.43. The average molecular weight is 494 g/mol. The van der Waals surface area contributed by atoms with Crippen LogP contribution < -0.4 is 9.47 Å². The van der Waals surface area contributed by atoms with E-state index >= 15 is 0 Å². The third-order valence-electron chi connectivity index (χ3n) is 6.33. The molecule has 3 heterocycles. The number of carbonyl (C=O) groups excluding carboxylic acids is 2. The first-order chi connectivity index (χ1) is 17.0. The van der Waals surface area contributed by atoms with Gasteiger partial charge in [-0.2, -0.15) is 0 Å². The minimum Gasteiger partial charge on any atom is -0.485 e. The maximum Gasteiger partial charge on any atom is 0.267 e. The molecule has 1 atom stereocenters. The number of ether oxygens (including phenoxy) is 2. The van der Waals surface area contributed by atoms with Crippen LogP contribution >= 0.6 is 11.8 Å². The van der Waals surface area contributed by atoms with E-state index in [4.69, 9.17) is 14.0 Å². The van der Waals surface area contributed by atoms with Crippen LogP contribution in [0.15, 0.2) is 57.9 Å². The molecule has 0 aliphatic carbocycles. The largest absolute Gasteiger partial charge is 0.485 e. The zero-order chi connectivity index (χ0) is 24.4. The van der Waals surface area contributed by atoms with Crippen LogP contribution in [0.2, 0.25) is 0 Å². The number of hydrogen-bond acceptors (Lipinski definition) is 7. The number of aromatic nitrogens is 1. The van der Waals surface area contributed by atoms with Crippen molar-refractivity contribution < 1.29 is 23.6 Å². The number of fused-ring (bicyclic) bond motifs is 1. The van der Waals surface area contributed by atoms with E-state index in [1.54, 1.807) is 22.7 Å². The highest BCUT2D eigenvalue weighted by Crippen LogP contribution is 2.32. The Kier molecular flexibility index (Phi) is 6.68. The number of para-hydroxylation sites is 2. The Morgan fingerprint density at radius 3 is 2.40 bits per heavy atom. The molecule has 2 amide bonds. The summed E-state index contributed by atoms with van der Waals surface area (Å²) in [6.07, 6.45) is -0.673. The summed E-state index contributed by atoms with van der Waals surface area (Å²) in [7, 11) is 0. The van der Waals surface area contributed by atoms with Crippen molar-refractivity contribution in [2.45, 2.75) is 30.6 Å². The van der Waals surface area contributed by atoms with Crippen LogP contribution in [0.25, 0.3) is 0 Å². The predicted molar refractivity (Wildman–Crippen MR) is 131 cm³/mol. The third kappa shape index (κ3) is 4.86. The average Bonchev–Trinajstić information content (AvgIpc) is 3.23. The fourth-order valence-corrected chi connectivity index (χ4v) is 5.47. The highest BCUT2D eigenvalue weighted by Gasteiger charge is 2.33. The second-order valence-corrected chi connectivity index (χ2v) is 9.59. The lowest BCUT2D eigenvalue weighted by Crippen LogP contribution is -2.55. The lowest BCUT2D eigenvalue weighted by molar-refractivity contribution is -0.142. The smallest absolute Gasteiger partial charge is 0.267 e. The van der Waals surface area contributed by atoms with Gasteiger partial charge in [0.15, 0.2) is 11.5 Å². The summed E-state index contributed by atoms with van der Waals surface area (Å²) < 4.78 is 16.8. The zero-order valence-electron chi connectivity index (χ0n) is 19.7. The molecule has 182 valence electrons. The number of rotatable bonds is 5. The van der Waals surface area contributed by atoms with Crippen LogP contribution in [0.3, 0.4) is 0 Å². The van der Waals surface area contributed by atoms with Gasteiger partial charge in [0.2, 0.25) is 6.10 Å². The second-order valence-electron chi connectivity index (χ2n) is 8.57. The lowest BCUT2D eigenvalue weighted by Gasteiger charge is -2.37. The molecule has 9 heteroatoms. The fourth-order valence-electron chi connectivity index (χ4n) is 4.27. The summed E-state index contributed by atoms with van der Waals surface area (Å²) in [4.78, 5) is 30.9. The van der Waals surface area contributed by atoms with Gasteiger partial charge in [0.05, 0.1) is 11.3 Å². The van der Waals surface area contributed by atoms with Gasteiger partial charge in [-0.1, -0.05) is 29.4 Å². The van der Waals surface area contributed by atoms with Gasteiger partial charge >= 0.3 is 0 Å². The first-order valence-electron chi connectivity index (χ1n) is 11.6. The number of thioether (sulfide) groups is 1. The molecule has 8 nitrogen and oxygen atoms in total. The molecule has 0 radical (unpaired) electrons. The van der Waals surface area contributed by atoms with Gasteiger partial charge in [-0.3, -0.25) is 9.59 Å². The molecule has 5 rings (SSSR count). The van der Waals surface area contributed by atoms with Crippen molar-refractivity contribution in [1.82, 2.24) is 15.0 Å². The van der Waals surface area contributed by atoms with Crippen molar-refractivity contribution in [3.63, 3.8) is 0 Å². The van der Waals surface area contributed by atoms with E-state index in [1.165, 1.54) is 0 Å². The molecule has 2 aliphatic heterocycles. The van der Waals surface area contributed by atoms with Crippen molar-refractivity contribution in [1.29, 1.82) is 0 Å². The van der Waals surface area contributed by atoms with Gasteiger partial charge in [0.25, 0.3) is 11.8 Å². The first-order valence-corrected chi connectivity index (χ1v) is 12.6. The topological polar surface area (TPSA) is 85.1 Å². The molecule has 3 aromatic rings. The monoisotopic (exact) mass is 493 g/mol. The first kappa shape index (κ1) is 23.3. The standard InChI is InChI=1S/C26H27N3O5S/c1-17-20(18(2)34-27-17)16-35-24-10-6-3-7-19(24)25(30)28-11-13-29(14-12-28)26(31)23-15-32-21-8-4-5-9-22(21)33-23/h3-10,23H,11-16H2,1-2H3/t23-/m0/s1. The Balaban J connectivity index is 1.19. The van der Waals surface area contributed by atoms with Crippen LogP contribution in [-0.2, 0) is 10.5 Å². The fraction of sp³-hybridized carbons (Fsp3) is 0.346. The van der Waals surface area contributed by atoms with Crippen molar-refractivity contribution >= 4 is 23.6 Å².